The minimum absolute atomic E-state index is 0.211. The second-order valence-electron chi connectivity index (χ2n) is 6.39. The molecule has 102 valence electrons. The third-order valence-electron chi connectivity index (χ3n) is 5.02. The summed E-state index contributed by atoms with van der Waals surface area (Å²) in [4.78, 5) is 14.3. The molecule has 0 bridgehead atoms. The van der Waals surface area contributed by atoms with Crippen molar-refractivity contribution in [3.8, 4) is 0 Å². The lowest BCUT2D eigenvalue weighted by molar-refractivity contribution is -0.194. The van der Waals surface area contributed by atoms with Crippen molar-refractivity contribution in [3.05, 3.63) is 0 Å². The van der Waals surface area contributed by atoms with Crippen molar-refractivity contribution in [2.45, 2.75) is 63.8 Å². The Morgan fingerprint density at radius 2 is 2.22 bits per heavy atom. The lowest BCUT2D eigenvalue weighted by Gasteiger charge is -2.51. The summed E-state index contributed by atoms with van der Waals surface area (Å²) in [6.07, 6.45) is 3.62. The number of aliphatic hydroxyl groups excluding tert-OH is 1. The molecule has 3 aliphatic rings. The van der Waals surface area contributed by atoms with Crippen molar-refractivity contribution in [2.75, 3.05) is 6.61 Å². The molecule has 4 nitrogen and oxygen atoms in total. The molecule has 3 fully saturated rings. The van der Waals surface area contributed by atoms with Crippen LogP contribution in [0.3, 0.4) is 0 Å². The Hall–Kier alpha value is -0.610. The highest BCUT2D eigenvalue weighted by Gasteiger charge is 2.58. The van der Waals surface area contributed by atoms with Gasteiger partial charge in [0, 0.05) is 12.3 Å². The van der Waals surface area contributed by atoms with Gasteiger partial charge in [-0.3, -0.25) is 4.79 Å². The number of carbonyl (C=O) groups is 1. The van der Waals surface area contributed by atoms with E-state index in [1.807, 2.05) is 4.90 Å². The van der Waals surface area contributed by atoms with Gasteiger partial charge >= 0.3 is 0 Å². The maximum absolute atomic E-state index is 12.3. The number of hydrogen-bond donors (Lipinski definition) is 1. The molecule has 2 aliphatic heterocycles. The average Bonchev–Trinajstić information content (AvgIpc) is 2.71. The van der Waals surface area contributed by atoms with Crippen molar-refractivity contribution in [1.29, 1.82) is 0 Å². The minimum Gasteiger partial charge on any atom is -0.393 e. The zero-order valence-corrected chi connectivity index (χ0v) is 11.3. The fourth-order valence-corrected chi connectivity index (χ4v) is 4.02. The summed E-state index contributed by atoms with van der Waals surface area (Å²) in [5.74, 6) is 1.00. The van der Waals surface area contributed by atoms with Crippen LogP contribution >= 0.6 is 0 Å². The Morgan fingerprint density at radius 3 is 2.94 bits per heavy atom. The number of aliphatic hydroxyl groups is 1. The van der Waals surface area contributed by atoms with Crippen LogP contribution in [0.5, 0.6) is 0 Å². The van der Waals surface area contributed by atoms with E-state index in [2.05, 4.69) is 13.8 Å². The van der Waals surface area contributed by atoms with Crippen LogP contribution in [-0.4, -0.2) is 40.4 Å². The SMILES string of the molecule is CC(C)[C@H]1CO[C@]23CC[C@H](O)C[C@H]2CCC(=O)N13. The molecule has 1 aliphatic carbocycles. The van der Waals surface area contributed by atoms with Gasteiger partial charge in [0.25, 0.3) is 0 Å². The summed E-state index contributed by atoms with van der Waals surface area (Å²) in [6.45, 7) is 4.97. The van der Waals surface area contributed by atoms with Crippen LogP contribution in [0, 0.1) is 11.8 Å². The maximum atomic E-state index is 12.3. The largest absolute Gasteiger partial charge is 0.393 e. The van der Waals surface area contributed by atoms with Crippen molar-refractivity contribution < 1.29 is 14.6 Å². The van der Waals surface area contributed by atoms with Gasteiger partial charge in [0.05, 0.1) is 18.8 Å². The Balaban J connectivity index is 1.93. The minimum atomic E-state index is -0.385. The Kier molecular flexibility index (Phi) is 2.90. The number of ether oxygens (including phenoxy) is 1. The first-order valence-electron chi connectivity index (χ1n) is 7.19. The highest BCUT2D eigenvalue weighted by Crippen LogP contribution is 2.50. The van der Waals surface area contributed by atoms with Gasteiger partial charge < -0.3 is 14.7 Å². The number of rotatable bonds is 1. The average molecular weight is 253 g/mol. The van der Waals surface area contributed by atoms with Crippen LogP contribution in [0.2, 0.25) is 0 Å². The number of carbonyl (C=O) groups excluding carboxylic acids is 1. The molecule has 2 saturated heterocycles. The molecule has 2 heterocycles. The topological polar surface area (TPSA) is 49.8 Å². The smallest absolute Gasteiger partial charge is 0.225 e. The Labute approximate surface area is 108 Å². The maximum Gasteiger partial charge on any atom is 0.225 e. The molecule has 4 atom stereocenters. The lowest BCUT2D eigenvalue weighted by Crippen LogP contribution is -2.62. The van der Waals surface area contributed by atoms with Crippen molar-refractivity contribution in [2.24, 2.45) is 11.8 Å². The molecule has 0 aromatic rings. The first kappa shape index (κ1) is 12.4. The van der Waals surface area contributed by atoms with Gasteiger partial charge in [0.1, 0.15) is 5.72 Å². The van der Waals surface area contributed by atoms with Crippen molar-refractivity contribution >= 4 is 5.91 Å². The van der Waals surface area contributed by atoms with Crippen LogP contribution in [0.25, 0.3) is 0 Å². The highest BCUT2D eigenvalue weighted by molar-refractivity contribution is 5.78. The van der Waals surface area contributed by atoms with Gasteiger partial charge in [-0.25, -0.2) is 0 Å². The molecule has 1 N–H and O–H groups in total. The molecular weight excluding hydrogens is 230 g/mol. The van der Waals surface area contributed by atoms with E-state index >= 15 is 0 Å². The molecule has 0 aromatic carbocycles. The summed E-state index contributed by atoms with van der Waals surface area (Å²) >= 11 is 0. The molecule has 18 heavy (non-hydrogen) atoms. The Morgan fingerprint density at radius 1 is 1.44 bits per heavy atom. The molecule has 1 saturated carbocycles. The zero-order chi connectivity index (χ0) is 12.9. The summed E-state index contributed by atoms with van der Waals surface area (Å²) in [5.41, 5.74) is -0.385. The first-order chi connectivity index (χ1) is 8.54. The van der Waals surface area contributed by atoms with Gasteiger partial charge in [0.2, 0.25) is 5.91 Å². The highest BCUT2D eigenvalue weighted by atomic mass is 16.5. The normalized spacial score (nSPS) is 44.1. The van der Waals surface area contributed by atoms with Gasteiger partial charge in [-0.05, 0) is 31.6 Å². The molecule has 0 radical (unpaired) electrons. The van der Waals surface area contributed by atoms with Crippen LogP contribution in [0.15, 0.2) is 0 Å². The van der Waals surface area contributed by atoms with E-state index in [1.54, 1.807) is 0 Å². The molecule has 4 heteroatoms. The van der Waals surface area contributed by atoms with E-state index in [4.69, 9.17) is 4.74 Å². The van der Waals surface area contributed by atoms with Crippen molar-refractivity contribution in [1.82, 2.24) is 4.90 Å². The van der Waals surface area contributed by atoms with Gasteiger partial charge in [-0.15, -0.1) is 0 Å². The summed E-state index contributed by atoms with van der Waals surface area (Å²) < 4.78 is 6.14. The van der Waals surface area contributed by atoms with E-state index in [0.29, 0.717) is 24.9 Å². The predicted octanol–water partition coefficient (Wildman–Crippen LogP) is 1.52. The molecule has 0 unspecified atom stereocenters. The van der Waals surface area contributed by atoms with Crippen LogP contribution in [-0.2, 0) is 9.53 Å². The zero-order valence-electron chi connectivity index (χ0n) is 11.3. The predicted molar refractivity (Wildman–Crippen MR) is 66.7 cm³/mol. The molecule has 3 rings (SSSR count). The second kappa shape index (κ2) is 4.20. The summed E-state index contributed by atoms with van der Waals surface area (Å²) in [6, 6.07) is 0.218. The van der Waals surface area contributed by atoms with E-state index in [0.717, 1.165) is 25.7 Å². The molecule has 1 spiro atoms. The van der Waals surface area contributed by atoms with Gasteiger partial charge in [-0.1, -0.05) is 13.8 Å². The number of hydrogen-bond acceptors (Lipinski definition) is 3. The number of amides is 1. The van der Waals surface area contributed by atoms with Gasteiger partial charge in [-0.2, -0.15) is 0 Å². The fourth-order valence-electron chi connectivity index (χ4n) is 4.02. The first-order valence-corrected chi connectivity index (χ1v) is 7.19. The number of piperidine rings is 1. The van der Waals surface area contributed by atoms with E-state index in [1.165, 1.54) is 0 Å². The van der Waals surface area contributed by atoms with E-state index in [-0.39, 0.29) is 23.8 Å². The lowest BCUT2D eigenvalue weighted by atomic mass is 9.73. The third kappa shape index (κ3) is 1.62. The Bertz CT molecular complexity index is 357. The van der Waals surface area contributed by atoms with Gasteiger partial charge in [0.15, 0.2) is 0 Å². The van der Waals surface area contributed by atoms with Crippen LogP contribution in [0.1, 0.15) is 46.0 Å². The quantitative estimate of drug-likeness (QED) is 0.771. The molecular formula is C14H23NO3. The summed E-state index contributed by atoms with van der Waals surface area (Å²) in [7, 11) is 0. The summed E-state index contributed by atoms with van der Waals surface area (Å²) in [5, 5.41) is 9.85. The van der Waals surface area contributed by atoms with Crippen LogP contribution in [0.4, 0.5) is 0 Å². The van der Waals surface area contributed by atoms with Crippen molar-refractivity contribution in [3.63, 3.8) is 0 Å². The second-order valence-corrected chi connectivity index (χ2v) is 6.39. The third-order valence-corrected chi connectivity index (χ3v) is 5.02. The van der Waals surface area contributed by atoms with E-state index < -0.39 is 0 Å². The molecule has 0 aromatic heterocycles. The monoisotopic (exact) mass is 253 g/mol. The number of nitrogens with zero attached hydrogens (tertiary/aromatic N) is 1. The van der Waals surface area contributed by atoms with Crippen LogP contribution < -0.4 is 0 Å². The fraction of sp³-hybridized carbons (Fsp3) is 0.929. The standard InChI is InChI=1S/C14H23NO3/c1-9(2)12-8-18-14-6-5-11(16)7-10(14)3-4-13(17)15(12)14/h9-12,16H,3-8H2,1-2H3/t10-,11+,12-,14-/m1/s1. The van der Waals surface area contributed by atoms with E-state index in [9.17, 15) is 9.90 Å². The molecule has 1 amide bonds.